The summed E-state index contributed by atoms with van der Waals surface area (Å²) >= 11 is 1.49. The Bertz CT molecular complexity index is 711. The Morgan fingerprint density at radius 1 is 1.57 bits per heavy atom. The van der Waals surface area contributed by atoms with E-state index in [2.05, 4.69) is 4.99 Å². The maximum absolute atomic E-state index is 11.1. The number of rotatable bonds is 2. The van der Waals surface area contributed by atoms with Crippen LogP contribution in [0.2, 0.25) is 0 Å². The number of nitriles is 1. The van der Waals surface area contributed by atoms with Gasteiger partial charge in [-0.05, 0) is 32.0 Å². The molecule has 120 valence electrons. The van der Waals surface area contributed by atoms with Crippen molar-refractivity contribution in [2.24, 2.45) is 4.99 Å². The summed E-state index contributed by atoms with van der Waals surface area (Å²) in [5.41, 5.74) is 0.482. The maximum atomic E-state index is 11.1. The predicted octanol–water partition coefficient (Wildman–Crippen LogP) is 1.96. The van der Waals surface area contributed by atoms with Crippen molar-refractivity contribution in [3.63, 3.8) is 0 Å². The topological polar surface area (TPSA) is 85.9 Å². The summed E-state index contributed by atoms with van der Waals surface area (Å²) < 4.78 is 5.91. The van der Waals surface area contributed by atoms with Crippen LogP contribution in [0, 0.1) is 11.5 Å². The van der Waals surface area contributed by atoms with Crippen LogP contribution in [-0.4, -0.2) is 45.5 Å². The van der Waals surface area contributed by atoms with Crippen LogP contribution in [0.15, 0.2) is 23.2 Å². The Hall–Kier alpha value is -2.04. The summed E-state index contributed by atoms with van der Waals surface area (Å²) in [4.78, 5) is 16.9. The normalized spacial score (nSPS) is 27.2. The SMILES string of the molecule is CC1(C)Oc2ccc(C=O)cc2[C@@H](N2CCSC2=NC#N)[C@@H]1O. The fourth-order valence-corrected chi connectivity index (χ4v) is 3.95. The van der Waals surface area contributed by atoms with E-state index in [0.29, 0.717) is 23.0 Å². The third kappa shape index (κ3) is 2.69. The molecule has 1 fully saturated rings. The zero-order valence-electron chi connectivity index (χ0n) is 12.9. The highest BCUT2D eigenvalue weighted by molar-refractivity contribution is 8.14. The number of aliphatic hydroxyl groups is 1. The van der Waals surface area contributed by atoms with E-state index in [1.54, 1.807) is 18.2 Å². The second-order valence-corrected chi connectivity index (χ2v) is 7.11. The molecule has 2 atom stereocenters. The van der Waals surface area contributed by atoms with E-state index in [1.807, 2.05) is 24.9 Å². The van der Waals surface area contributed by atoms with Gasteiger partial charge in [-0.25, -0.2) is 0 Å². The molecule has 2 heterocycles. The molecule has 2 aliphatic heterocycles. The number of carbonyl (C=O) groups excluding carboxylic acids is 1. The van der Waals surface area contributed by atoms with E-state index >= 15 is 0 Å². The molecule has 0 saturated carbocycles. The molecule has 1 N–H and O–H groups in total. The van der Waals surface area contributed by atoms with E-state index in [0.717, 1.165) is 17.6 Å². The molecule has 3 rings (SSSR count). The zero-order chi connectivity index (χ0) is 16.6. The quantitative estimate of drug-likeness (QED) is 0.658. The number of carbonyl (C=O) groups is 1. The molecule has 0 amide bonds. The number of hydrogen-bond acceptors (Lipinski definition) is 6. The van der Waals surface area contributed by atoms with Gasteiger partial charge in [-0.1, -0.05) is 11.8 Å². The fourth-order valence-electron chi connectivity index (χ4n) is 3.01. The summed E-state index contributed by atoms with van der Waals surface area (Å²) in [6, 6.07) is 4.78. The third-order valence-corrected chi connectivity index (χ3v) is 5.13. The highest BCUT2D eigenvalue weighted by Gasteiger charge is 2.47. The van der Waals surface area contributed by atoms with Crippen LogP contribution in [0.25, 0.3) is 0 Å². The smallest absolute Gasteiger partial charge is 0.208 e. The molecular formula is C16H17N3O3S. The van der Waals surface area contributed by atoms with E-state index in [4.69, 9.17) is 10.00 Å². The van der Waals surface area contributed by atoms with Gasteiger partial charge in [0.2, 0.25) is 6.19 Å². The lowest BCUT2D eigenvalue weighted by molar-refractivity contribution is -0.0800. The fraction of sp³-hybridized carbons (Fsp3) is 0.438. The first-order valence-corrected chi connectivity index (χ1v) is 8.29. The van der Waals surface area contributed by atoms with Gasteiger partial charge < -0.3 is 14.7 Å². The summed E-state index contributed by atoms with van der Waals surface area (Å²) in [7, 11) is 0. The van der Waals surface area contributed by atoms with Gasteiger partial charge in [0.05, 0.1) is 6.04 Å². The average molecular weight is 331 g/mol. The number of hydrogen-bond donors (Lipinski definition) is 1. The van der Waals surface area contributed by atoms with Crippen molar-refractivity contribution in [1.29, 1.82) is 5.26 Å². The summed E-state index contributed by atoms with van der Waals surface area (Å²) in [6.07, 6.45) is 1.77. The number of amidine groups is 1. The van der Waals surface area contributed by atoms with Crippen molar-refractivity contribution in [3.8, 4) is 11.9 Å². The van der Waals surface area contributed by atoms with Gasteiger partial charge in [0, 0.05) is 23.4 Å². The largest absolute Gasteiger partial charge is 0.485 e. The van der Waals surface area contributed by atoms with E-state index in [-0.39, 0.29) is 0 Å². The minimum Gasteiger partial charge on any atom is -0.485 e. The van der Waals surface area contributed by atoms with Crippen molar-refractivity contribution < 1.29 is 14.6 Å². The molecule has 2 aliphatic rings. The summed E-state index contributed by atoms with van der Waals surface area (Å²) in [5.74, 6) is 1.44. The molecule has 1 aromatic rings. The van der Waals surface area contributed by atoms with Gasteiger partial charge in [-0.2, -0.15) is 5.26 Å². The number of aldehydes is 1. The van der Waals surface area contributed by atoms with Crippen molar-refractivity contribution in [2.75, 3.05) is 12.3 Å². The second kappa shape index (κ2) is 5.87. The molecule has 0 spiro atoms. The highest BCUT2D eigenvalue weighted by atomic mass is 32.2. The minimum absolute atomic E-state index is 0.407. The van der Waals surface area contributed by atoms with Gasteiger partial charge >= 0.3 is 0 Å². The molecule has 7 heteroatoms. The van der Waals surface area contributed by atoms with Crippen LogP contribution in [0.1, 0.15) is 35.8 Å². The third-order valence-electron chi connectivity index (χ3n) is 4.16. The van der Waals surface area contributed by atoms with Crippen molar-refractivity contribution in [2.45, 2.75) is 31.6 Å². The number of fused-ring (bicyclic) bond motifs is 1. The van der Waals surface area contributed by atoms with E-state index in [1.165, 1.54) is 11.8 Å². The van der Waals surface area contributed by atoms with Crippen molar-refractivity contribution in [1.82, 2.24) is 4.90 Å². The van der Waals surface area contributed by atoms with Crippen LogP contribution in [0.5, 0.6) is 5.75 Å². The Labute approximate surface area is 138 Å². The number of aliphatic imine (C=N–C) groups is 1. The van der Waals surface area contributed by atoms with Gasteiger partial charge in [0.25, 0.3) is 0 Å². The highest BCUT2D eigenvalue weighted by Crippen LogP contribution is 2.45. The number of thioether (sulfide) groups is 1. The average Bonchev–Trinajstić information content (AvgIpc) is 2.96. The monoisotopic (exact) mass is 331 g/mol. The van der Waals surface area contributed by atoms with Crippen LogP contribution < -0.4 is 4.74 Å². The molecule has 1 aromatic carbocycles. The number of ether oxygens (including phenoxy) is 1. The molecular weight excluding hydrogens is 314 g/mol. The van der Waals surface area contributed by atoms with Crippen LogP contribution in [0.3, 0.4) is 0 Å². The van der Waals surface area contributed by atoms with Gasteiger partial charge in [-0.15, -0.1) is 4.99 Å². The standard InChI is InChI=1S/C16H17N3O3S/c1-16(2)14(21)13(19-5-6-23-15(19)18-9-17)11-7-10(8-20)3-4-12(11)22-16/h3-4,7-8,13-14,21H,5-6H2,1-2H3/t13-,14+/m1/s1. The summed E-state index contributed by atoms with van der Waals surface area (Å²) in [6.45, 7) is 4.32. The number of nitrogens with zero attached hydrogens (tertiary/aromatic N) is 3. The van der Waals surface area contributed by atoms with Crippen LogP contribution >= 0.6 is 11.8 Å². The molecule has 0 aliphatic carbocycles. The molecule has 0 bridgehead atoms. The molecule has 6 nitrogen and oxygen atoms in total. The van der Waals surface area contributed by atoms with Crippen molar-refractivity contribution in [3.05, 3.63) is 29.3 Å². The first-order chi connectivity index (χ1) is 11.0. The number of aliphatic hydroxyl groups excluding tert-OH is 1. The van der Waals surface area contributed by atoms with Crippen LogP contribution in [0.4, 0.5) is 0 Å². The van der Waals surface area contributed by atoms with E-state index in [9.17, 15) is 9.90 Å². The van der Waals surface area contributed by atoms with Gasteiger partial charge in [-0.3, -0.25) is 4.79 Å². The first kappa shape index (κ1) is 15.8. The Morgan fingerprint density at radius 2 is 2.35 bits per heavy atom. The second-order valence-electron chi connectivity index (χ2n) is 6.05. The van der Waals surface area contributed by atoms with Gasteiger partial charge in [0.1, 0.15) is 23.7 Å². The zero-order valence-corrected chi connectivity index (χ0v) is 13.7. The Morgan fingerprint density at radius 3 is 3.04 bits per heavy atom. The lowest BCUT2D eigenvalue weighted by Crippen LogP contribution is -2.53. The lowest BCUT2D eigenvalue weighted by Gasteiger charge is -2.45. The molecule has 23 heavy (non-hydrogen) atoms. The van der Waals surface area contributed by atoms with E-state index < -0.39 is 17.7 Å². The predicted molar refractivity (Wildman–Crippen MR) is 87.5 cm³/mol. The maximum Gasteiger partial charge on any atom is 0.208 e. The lowest BCUT2D eigenvalue weighted by atomic mass is 9.85. The van der Waals surface area contributed by atoms with Crippen molar-refractivity contribution >= 4 is 23.2 Å². The minimum atomic E-state index is -0.820. The number of benzene rings is 1. The first-order valence-electron chi connectivity index (χ1n) is 7.30. The Balaban J connectivity index is 2.12. The molecule has 0 unspecified atom stereocenters. The molecule has 1 saturated heterocycles. The van der Waals surface area contributed by atoms with Gasteiger partial charge in [0.15, 0.2) is 5.17 Å². The van der Waals surface area contributed by atoms with Crippen LogP contribution in [-0.2, 0) is 0 Å². The molecule has 0 aromatic heterocycles. The summed E-state index contributed by atoms with van der Waals surface area (Å²) in [5, 5.41) is 20.3. The Kier molecular flexibility index (Phi) is 4.04. The molecule has 0 radical (unpaired) electrons.